The molecule has 1 aromatic carbocycles. The maximum atomic E-state index is 12.5. The number of amides is 1. The Kier molecular flexibility index (Phi) is 4.21. The third-order valence-corrected chi connectivity index (χ3v) is 4.13. The summed E-state index contributed by atoms with van der Waals surface area (Å²) in [4.78, 5) is 25.6. The molecule has 0 bridgehead atoms. The van der Waals surface area contributed by atoms with Gasteiger partial charge in [0, 0.05) is 12.2 Å². The number of aliphatic carboxylic acids is 1. The number of carbonyl (C=O) groups is 2. The van der Waals surface area contributed by atoms with Gasteiger partial charge in [-0.3, -0.25) is 4.79 Å². The molecule has 0 aliphatic carbocycles. The summed E-state index contributed by atoms with van der Waals surface area (Å²) in [6, 6.07) is 6.38. The summed E-state index contributed by atoms with van der Waals surface area (Å²) >= 11 is 0. The van der Waals surface area contributed by atoms with E-state index in [-0.39, 0.29) is 12.3 Å². The van der Waals surface area contributed by atoms with E-state index in [4.69, 9.17) is 5.73 Å². The van der Waals surface area contributed by atoms with Crippen LogP contribution in [0.5, 0.6) is 0 Å². The van der Waals surface area contributed by atoms with E-state index < -0.39 is 17.4 Å². The van der Waals surface area contributed by atoms with Crippen LogP contribution >= 0.6 is 0 Å². The van der Waals surface area contributed by atoms with Crippen LogP contribution in [0.15, 0.2) is 24.3 Å². The van der Waals surface area contributed by atoms with Crippen LogP contribution in [-0.4, -0.2) is 34.5 Å². The molecule has 3 N–H and O–H groups in total. The number of carbonyl (C=O) groups excluding carboxylic acids is 1. The van der Waals surface area contributed by atoms with Crippen molar-refractivity contribution in [3.05, 3.63) is 29.8 Å². The quantitative estimate of drug-likeness (QED) is 0.833. The smallest absolute Gasteiger partial charge is 0.326 e. The molecule has 5 nitrogen and oxygen atoms in total. The van der Waals surface area contributed by atoms with Crippen molar-refractivity contribution in [2.24, 2.45) is 5.41 Å². The van der Waals surface area contributed by atoms with Gasteiger partial charge in [0.25, 0.3) is 0 Å². The first-order valence-electron chi connectivity index (χ1n) is 7.18. The second kappa shape index (κ2) is 5.76. The number of hydrogen-bond acceptors (Lipinski definition) is 3. The molecule has 0 radical (unpaired) electrons. The van der Waals surface area contributed by atoms with Gasteiger partial charge >= 0.3 is 5.97 Å². The molecular formula is C16H22N2O3. The summed E-state index contributed by atoms with van der Waals surface area (Å²) in [5.74, 6) is -1.08. The van der Waals surface area contributed by atoms with Crippen LogP contribution in [0.4, 0.5) is 5.69 Å². The van der Waals surface area contributed by atoms with Gasteiger partial charge in [0.05, 0.1) is 6.42 Å². The fourth-order valence-electron chi connectivity index (χ4n) is 3.11. The summed E-state index contributed by atoms with van der Waals surface area (Å²) < 4.78 is 0. The van der Waals surface area contributed by atoms with Gasteiger partial charge in [-0.15, -0.1) is 0 Å². The van der Waals surface area contributed by atoms with Crippen molar-refractivity contribution < 1.29 is 14.7 Å². The lowest BCUT2D eigenvalue weighted by atomic mass is 9.76. The fourth-order valence-corrected chi connectivity index (χ4v) is 3.11. The fraction of sp³-hybridized carbons (Fsp3) is 0.500. The van der Waals surface area contributed by atoms with Crippen LogP contribution in [0.1, 0.15) is 32.3 Å². The number of piperidine rings is 1. The first-order chi connectivity index (χ1) is 9.81. The molecule has 1 amide bonds. The molecule has 1 saturated heterocycles. The second-order valence-electron chi connectivity index (χ2n) is 6.34. The van der Waals surface area contributed by atoms with Gasteiger partial charge in [-0.2, -0.15) is 0 Å². The van der Waals surface area contributed by atoms with Crippen LogP contribution in [0.25, 0.3) is 0 Å². The van der Waals surface area contributed by atoms with Gasteiger partial charge in [-0.05, 0) is 36.0 Å². The highest BCUT2D eigenvalue weighted by molar-refractivity contribution is 5.86. The number of rotatable bonds is 3. The minimum absolute atomic E-state index is 0.152. The van der Waals surface area contributed by atoms with Crippen molar-refractivity contribution in [2.45, 2.75) is 39.2 Å². The van der Waals surface area contributed by atoms with Crippen LogP contribution in [0.3, 0.4) is 0 Å². The molecule has 1 aliphatic rings. The molecule has 1 aliphatic heterocycles. The molecule has 2 rings (SSSR count). The Labute approximate surface area is 124 Å². The monoisotopic (exact) mass is 290 g/mol. The van der Waals surface area contributed by atoms with Crippen LogP contribution in [-0.2, 0) is 16.0 Å². The Morgan fingerprint density at radius 1 is 1.43 bits per heavy atom. The number of likely N-dealkylation sites (tertiary alicyclic amines) is 1. The molecule has 1 unspecified atom stereocenters. The van der Waals surface area contributed by atoms with Gasteiger partial charge < -0.3 is 15.7 Å². The lowest BCUT2D eigenvalue weighted by Crippen LogP contribution is -2.56. The topological polar surface area (TPSA) is 83.6 Å². The zero-order valence-electron chi connectivity index (χ0n) is 12.5. The van der Waals surface area contributed by atoms with Crippen molar-refractivity contribution in [3.63, 3.8) is 0 Å². The molecule has 0 aromatic heterocycles. The lowest BCUT2D eigenvalue weighted by molar-refractivity contribution is -0.158. The maximum Gasteiger partial charge on any atom is 0.326 e. The number of nitrogen functional groups attached to an aromatic ring is 1. The summed E-state index contributed by atoms with van der Waals surface area (Å²) in [6.45, 7) is 4.32. The van der Waals surface area contributed by atoms with Gasteiger partial charge in [0.15, 0.2) is 0 Å². The van der Waals surface area contributed by atoms with Crippen molar-refractivity contribution in [3.8, 4) is 0 Å². The standard InChI is InChI=1S/C16H22N2O3/c1-16(2)7-4-8-18(14(16)15(20)21)13(19)10-11-5-3-6-12(17)9-11/h3,5-6,9,14H,4,7-8,10,17H2,1-2H3,(H,20,21). The minimum Gasteiger partial charge on any atom is -0.480 e. The molecule has 1 heterocycles. The number of benzene rings is 1. The minimum atomic E-state index is -0.930. The molecular weight excluding hydrogens is 268 g/mol. The van der Waals surface area contributed by atoms with Gasteiger partial charge in [0.2, 0.25) is 5.91 Å². The maximum absolute atomic E-state index is 12.5. The number of carboxylic acid groups (broad SMARTS) is 1. The highest BCUT2D eigenvalue weighted by atomic mass is 16.4. The highest BCUT2D eigenvalue weighted by Crippen LogP contribution is 2.35. The van der Waals surface area contributed by atoms with E-state index in [1.807, 2.05) is 19.9 Å². The molecule has 0 spiro atoms. The predicted molar refractivity (Wildman–Crippen MR) is 80.7 cm³/mol. The third-order valence-electron chi connectivity index (χ3n) is 4.13. The Morgan fingerprint density at radius 2 is 2.14 bits per heavy atom. The zero-order chi connectivity index (χ0) is 15.6. The van der Waals surface area contributed by atoms with E-state index in [0.717, 1.165) is 18.4 Å². The first-order valence-corrected chi connectivity index (χ1v) is 7.18. The van der Waals surface area contributed by atoms with E-state index in [1.54, 1.807) is 18.2 Å². The average Bonchev–Trinajstić information content (AvgIpc) is 2.36. The third kappa shape index (κ3) is 3.35. The molecule has 5 heteroatoms. The number of nitrogens with two attached hydrogens (primary N) is 1. The van der Waals surface area contributed by atoms with E-state index >= 15 is 0 Å². The predicted octanol–water partition coefficient (Wildman–Crippen LogP) is 1.91. The Morgan fingerprint density at radius 3 is 2.76 bits per heavy atom. The van der Waals surface area contributed by atoms with E-state index in [9.17, 15) is 14.7 Å². The molecule has 21 heavy (non-hydrogen) atoms. The summed E-state index contributed by atoms with van der Waals surface area (Å²) in [6.07, 6.45) is 1.83. The Bertz CT molecular complexity index is 554. The van der Waals surface area contributed by atoms with Crippen molar-refractivity contribution in [1.82, 2.24) is 4.90 Å². The molecule has 0 saturated carbocycles. The molecule has 1 fully saturated rings. The Balaban J connectivity index is 2.18. The molecule has 1 atom stereocenters. The van der Waals surface area contributed by atoms with Crippen molar-refractivity contribution >= 4 is 17.6 Å². The largest absolute Gasteiger partial charge is 0.480 e. The van der Waals surface area contributed by atoms with Crippen LogP contribution < -0.4 is 5.73 Å². The number of hydrogen-bond donors (Lipinski definition) is 2. The normalized spacial score (nSPS) is 21.0. The second-order valence-corrected chi connectivity index (χ2v) is 6.34. The number of anilines is 1. The van der Waals surface area contributed by atoms with E-state index in [2.05, 4.69) is 0 Å². The van der Waals surface area contributed by atoms with Crippen LogP contribution in [0.2, 0.25) is 0 Å². The number of nitrogens with zero attached hydrogens (tertiary/aromatic N) is 1. The van der Waals surface area contributed by atoms with E-state index in [1.165, 1.54) is 4.90 Å². The molecule has 114 valence electrons. The summed E-state index contributed by atoms with van der Waals surface area (Å²) in [7, 11) is 0. The van der Waals surface area contributed by atoms with Gasteiger partial charge in [0.1, 0.15) is 6.04 Å². The van der Waals surface area contributed by atoms with Gasteiger partial charge in [-0.1, -0.05) is 26.0 Å². The summed E-state index contributed by atoms with van der Waals surface area (Å²) in [5, 5.41) is 9.49. The van der Waals surface area contributed by atoms with Crippen LogP contribution in [0, 0.1) is 5.41 Å². The van der Waals surface area contributed by atoms with Crippen molar-refractivity contribution in [2.75, 3.05) is 12.3 Å². The average molecular weight is 290 g/mol. The Hall–Kier alpha value is -2.04. The highest BCUT2D eigenvalue weighted by Gasteiger charge is 2.44. The summed E-state index contributed by atoms with van der Waals surface area (Å²) in [5.41, 5.74) is 6.72. The van der Waals surface area contributed by atoms with Gasteiger partial charge in [-0.25, -0.2) is 4.79 Å². The number of carboxylic acids is 1. The molecule has 1 aromatic rings. The van der Waals surface area contributed by atoms with Crippen molar-refractivity contribution in [1.29, 1.82) is 0 Å². The first kappa shape index (κ1) is 15.4. The zero-order valence-corrected chi connectivity index (χ0v) is 12.5. The SMILES string of the molecule is CC1(C)CCCN(C(=O)Cc2cccc(N)c2)C1C(=O)O. The lowest BCUT2D eigenvalue weighted by Gasteiger charge is -2.44. The van der Waals surface area contributed by atoms with E-state index in [0.29, 0.717) is 12.2 Å².